The van der Waals surface area contributed by atoms with Crippen molar-refractivity contribution in [1.82, 2.24) is 29.9 Å². The third kappa shape index (κ3) is 11.8. The van der Waals surface area contributed by atoms with Gasteiger partial charge in [-0.25, -0.2) is 29.9 Å². The molecule has 0 saturated heterocycles. The molecule has 0 atom stereocenters. The number of oxazole rings is 3. The third-order valence-corrected chi connectivity index (χ3v) is 7.41. The zero-order valence-electron chi connectivity index (χ0n) is 31.1. The van der Waals surface area contributed by atoms with Crippen LogP contribution in [0.1, 0.15) is 38.4 Å². The van der Waals surface area contributed by atoms with Gasteiger partial charge in [0.2, 0.25) is 17.7 Å². The van der Waals surface area contributed by atoms with Crippen LogP contribution in [0.15, 0.2) is 141 Å². The first-order valence-electron chi connectivity index (χ1n) is 16.9. The molecule has 6 aromatic heterocycles. The molecule has 306 valence electrons. The normalized spacial score (nSPS) is 9.90. The summed E-state index contributed by atoms with van der Waals surface area (Å²) in [4.78, 5) is 56.7. The van der Waals surface area contributed by atoms with E-state index in [1.807, 2.05) is 54.6 Å². The Balaban J connectivity index is 0.000000227. The number of aromatic nitrogens is 6. The number of hydrogen-bond donors (Lipinski definition) is 1. The molecule has 7 N–H and O–H groups in total. The van der Waals surface area contributed by atoms with Gasteiger partial charge >= 0.3 is 38.6 Å². The summed E-state index contributed by atoms with van der Waals surface area (Å²) in [6, 6.07) is 35.5. The number of rotatable bonds is 6. The van der Waals surface area contributed by atoms with Gasteiger partial charge in [0.25, 0.3) is 0 Å². The van der Waals surface area contributed by atoms with Crippen molar-refractivity contribution in [3.8, 4) is 34.8 Å². The van der Waals surface area contributed by atoms with Crippen molar-refractivity contribution in [1.29, 1.82) is 0 Å². The molecule has 0 radical (unpaired) electrons. The standard InChI is InChI=1S/3C13H8N2O3.C2H6O.2H2O.Tb/c3*16-13(17)10-6-3-5-9(14-10)12-15-8-4-1-2-7-11(8)18-12;1-2-3;;;/h3*1-7H,(H,16,17);3H,2H2,1H3;2*1H2;/q;;;;;;+3/p-1. The number of para-hydroxylation sites is 6. The van der Waals surface area contributed by atoms with Crippen molar-refractivity contribution in [2.75, 3.05) is 6.61 Å². The fourth-order valence-corrected chi connectivity index (χ4v) is 4.95. The summed E-state index contributed by atoms with van der Waals surface area (Å²) in [6.07, 6.45) is 0. The third-order valence-electron chi connectivity index (χ3n) is 7.41. The van der Waals surface area contributed by atoms with Crippen molar-refractivity contribution >= 4 is 51.2 Å². The van der Waals surface area contributed by atoms with Crippen LogP contribution in [-0.2, 0) is 11.0 Å². The van der Waals surface area contributed by atoms with Crippen molar-refractivity contribution in [3.05, 3.63) is 144 Å². The van der Waals surface area contributed by atoms with Gasteiger partial charge in [-0.05, 0) is 79.7 Å². The maximum absolute atomic E-state index is 10.7. The number of aromatic carboxylic acids is 3. The van der Waals surface area contributed by atoms with Crippen molar-refractivity contribution in [3.63, 3.8) is 0 Å². The predicted molar refractivity (Wildman–Crippen MR) is 207 cm³/mol. The van der Waals surface area contributed by atoms with E-state index in [-0.39, 0.29) is 73.3 Å². The Morgan fingerprint density at radius 2 is 0.700 bits per heavy atom. The molecule has 3 aromatic carbocycles. The van der Waals surface area contributed by atoms with Gasteiger partial charge < -0.3 is 59.0 Å². The molecule has 0 aliphatic heterocycles. The first kappa shape index (κ1) is 47.5. The number of carboxylic acid groups (broad SMARTS) is 3. The molecule has 0 aliphatic carbocycles. The van der Waals surface area contributed by atoms with Crippen LogP contribution in [0.2, 0.25) is 0 Å². The van der Waals surface area contributed by atoms with Crippen LogP contribution in [-0.4, -0.2) is 59.5 Å². The quantitative estimate of drug-likeness (QED) is 0.233. The number of carbonyl (C=O) groups is 3. The zero-order chi connectivity index (χ0) is 40.3. The summed E-state index contributed by atoms with van der Waals surface area (Å²) in [5.41, 5.74) is 4.68. The molecule has 18 nitrogen and oxygen atoms in total. The number of nitrogens with zero attached hydrogens (tertiary/aromatic N) is 6. The van der Waals surface area contributed by atoms with Gasteiger partial charge in [-0.15, -0.1) is 0 Å². The summed E-state index contributed by atoms with van der Waals surface area (Å²) < 4.78 is 16.5. The average Bonchev–Trinajstić information content (AvgIpc) is 3.99. The minimum absolute atomic E-state index is 0. The van der Waals surface area contributed by atoms with Gasteiger partial charge in [-0.1, -0.05) is 54.6 Å². The number of aliphatic hydroxyl groups is 1. The smallest absolute Gasteiger partial charge is 0.543 e. The average molecular weight is 961 g/mol. The molecule has 0 aliphatic rings. The Labute approximate surface area is 369 Å². The largest absolute Gasteiger partial charge is 3.00 e. The Bertz CT molecular complexity index is 2440. The van der Waals surface area contributed by atoms with Gasteiger partial charge in [-0.3, -0.25) is 0 Å². The zero-order valence-corrected chi connectivity index (χ0v) is 33.3. The fraction of sp³-hybridized carbons (Fsp3) is 0.0488. The number of benzene rings is 3. The number of aliphatic hydroxyl groups excluding tert-OH is 1. The second-order valence-electron chi connectivity index (χ2n) is 11.4. The predicted octanol–water partition coefficient (Wildman–Crippen LogP) is 1.91. The molecular formula is C41H33N6O12Tb+2. The number of hydrogen-bond acceptors (Lipinski definition) is 16. The summed E-state index contributed by atoms with van der Waals surface area (Å²) >= 11 is 0. The van der Waals surface area contributed by atoms with Crippen LogP contribution in [0.3, 0.4) is 0 Å². The SMILES string of the molecule is CCO.O=C([O-])c1cccc(-c2nc3ccccc3o2)n1.O=C([O-])c1cccc(-c2nc3ccccc3o2)n1.O=C([O-])c1cccc(-c2nc3ccccc3o2)n1.[OH3+].[OH3+].[Tb+3]. The first-order chi connectivity index (χ1) is 27.6. The van der Waals surface area contributed by atoms with E-state index < -0.39 is 17.9 Å². The maximum atomic E-state index is 10.7. The van der Waals surface area contributed by atoms with Crippen LogP contribution in [0.25, 0.3) is 68.1 Å². The summed E-state index contributed by atoms with van der Waals surface area (Å²) in [6.45, 7) is 1.93. The molecule has 0 unspecified atom stereocenters. The molecule has 0 saturated carbocycles. The van der Waals surface area contributed by atoms with Crippen molar-refractivity contribution in [2.45, 2.75) is 6.92 Å². The van der Waals surface area contributed by atoms with E-state index in [1.165, 1.54) is 18.2 Å². The molecule has 9 rings (SSSR count). The molecule has 0 fully saturated rings. The number of pyridine rings is 3. The molecular weight excluding hydrogens is 927 g/mol. The van der Waals surface area contributed by atoms with Gasteiger partial charge in [0, 0.05) is 6.61 Å². The Morgan fingerprint density at radius 1 is 0.450 bits per heavy atom. The van der Waals surface area contributed by atoms with Gasteiger partial charge in [0.15, 0.2) is 16.7 Å². The van der Waals surface area contributed by atoms with Crippen LogP contribution in [0.4, 0.5) is 0 Å². The van der Waals surface area contributed by atoms with Crippen LogP contribution in [0, 0.1) is 38.6 Å². The second kappa shape index (κ2) is 22.3. The monoisotopic (exact) mass is 960 g/mol. The van der Waals surface area contributed by atoms with E-state index >= 15 is 0 Å². The molecule has 60 heavy (non-hydrogen) atoms. The number of carboxylic acids is 3. The van der Waals surface area contributed by atoms with E-state index in [9.17, 15) is 29.7 Å². The summed E-state index contributed by atoms with van der Waals surface area (Å²) in [7, 11) is 0. The van der Waals surface area contributed by atoms with E-state index in [4.69, 9.17) is 18.4 Å². The molecule has 0 spiro atoms. The Morgan fingerprint density at radius 3 is 0.933 bits per heavy atom. The van der Waals surface area contributed by atoms with Gasteiger partial charge in [-0.2, -0.15) is 0 Å². The maximum Gasteiger partial charge on any atom is 3.00 e. The van der Waals surface area contributed by atoms with Gasteiger partial charge in [0.1, 0.15) is 33.6 Å². The molecule has 0 amide bonds. The van der Waals surface area contributed by atoms with Crippen molar-refractivity contribution < 1.29 is 97.6 Å². The molecule has 19 heteroatoms. The molecule has 0 bridgehead atoms. The Hall–Kier alpha value is -6.90. The van der Waals surface area contributed by atoms with Crippen LogP contribution in [0.5, 0.6) is 0 Å². The van der Waals surface area contributed by atoms with Crippen molar-refractivity contribution in [2.24, 2.45) is 0 Å². The topological polar surface area (TPSA) is 323 Å². The minimum atomic E-state index is -1.33. The molecule has 6 heterocycles. The minimum Gasteiger partial charge on any atom is -0.543 e. The Kier molecular flexibility index (Phi) is 17.6. The first-order valence-corrected chi connectivity index (χ1v) is 16.9. The van der Waals surface area contributed by atoms with E-state index in [0.717, 1.165) is 0 Å². The van der Waals surface area contributed by atoms with Crippen LogP contribution < -0.4 is 15.3 Å². The van der Waals surface area contributed by atoms with E-state index in [0.29, 0.717) is 68.1 Å². The number of carbonyl (C=O) groups excluding carboxylic acids is 3. The van der Waals surface area contributed by atoms with Gasteiger partial charge in [0.05, 0.1) is 35.0 Å². The van der Waals surface area contributed by atoms with E-state index in [1.54, 1.807) is 61.5 Å². The number of fused-ring (bicyclic) bond motifs is 3. The van der Waals surface area contributed by atoms with Crippen LogP contribution >= 0.6 is 0 Å². The summed E-state index contributed by atoms with van der Waals surface area (Å²) in [5, 5.41) is 39.8. The second-order valence-corrected chi connectivity index (χ2v) is 11.4. The molecule has 9 aromatic rings. The van der Waals surface area contributed by atoms with E-state index in [2.05, 4.69) is 29.9 Å². The fourth-order valence-electron chi connectivity index (χ4n) is 4.95. The summed E-state index contributed by atoms with van der Waals surface area (Å²) in [5.74, 6) is -3.10.